The molecule has 0 unspecified atom stereocenters. The van der Waals surface area contributed by atoms with E-state index in [0.717, 1.165) is 16.7 Å². The Bertz CT molecular complexity index is 1240. The Labute approximate surface area is 174 Å². The van der Waals surface area contributed by atoms with Gasteiger partial charge in [0.25, 0.3) is 5.91 Å². The summed E-state index contributed by atoms with van der Waals surface area (Å²) in [6, 6.07) is 21.2. The Morgan fingerprint density at radius 1 is 1.17 bits per heavy atom. The van der Waals surface area contributed by atoms with Crippen molar-refractivity contribution in [3.63, 3.8) is 0 Å². The third-order valence-corrected chi connectivity index (χ3v) is 4.51. The molecule has 148 valence electrons. The van der Waals surface area contributed by atoms with Crippen molar-refractivity contribution in [2.24, 2.45) is 0 Å². The number of nitriles is 1. The van der Waals surface area contributed by atoms with Crippen molar-refractivity contribution in [1.82, 2.24) is 15.1 Å². The Morgan fingerprint density at radius 2 is 1.90 bits per heavy atom. The fraction of sp³-hybridized carbons (Fsp3) is 0.125. The molecule has 0 aliphatic heterocycles. The van der Waals surface area contributed by atoms with Gasteiger partial charge in [0.05, 0.1) is 5.69 Å². The van der Waals surface area contributed by atoms with Gasteiger partial charge in [0, 0.05) is 23.2 Å². The summed E-state index contributed by atoms with van der Waals surface area (Å²) in [5, 5.41) is 17.9. The van der Waals surface area contributed by atoms with E-state index in [4.69, 9.17) is 9.52 Å². The van der Waals surface area contributed by atoms with Gasteiger partial charge < -0.3 is 9.73 Å². The summed E-state index contributed by atoms with van der Waals surface area (Å²) in [7, 11) is 0. The molecular weight excluding hydrogens is 376 g/mol. The maximum absolute atomic E-state index is 12.4. The van der Waals surface area contributed by atoms with Crippen LogP contribution in [-0.4, -0.2) is 21.7 Å². The summed E-state index contributed by atoms with van der Waals surface area (Å²) in [6.07, 6.45) is 3.34. The Balaban J connectivity index is 1.85. The number of hydrogen-bond acceptors (Lipinski definition) is 4. The molecular formula is C24H20N4O2. The van der Waals surface area contributed by atoms with Gasteiger partial charge in [-0.15, -0.1) is 0 Å². The second-order valence-electron chi connectivity index (χ2n) is 7.16. The predicted molar refractivity (Wildman–Crippen MR) is 116 cm³/mol. The first-order valence-corrected chi connectivity index (χ1v) is 9.62. The molecule has 0 aliphatic carbocycles. The monoisotopic (exact) mass is 396 g/mol. The fourth-order valence-electron chi connectivity index (χ4n) is 3.14. The number of para-hydroxylation sites is 2. The lowest BCUT2D eigenvalue weighted by Crippen LogP contribution is -2.30. The number of hydrogen-bond donors (Lipinski definition) is 1. The molecule has 0 spiro atoms. The number of furan rings is 1. The maximum Gasteiger partial charge on any atom is 0.262 e. The molecule has 4 rings (SSSR count). The van der Waals surface area contributed by atoms with Crippen molar-refractivity contribution in [3.8, 4) is 23.2 Å². The number of carbonyl (C=O) groups excluding carboxylic acids is 1. The van der Waals surface area contributed by atoms with Gasteiger partial charge in [-0.05, 0) is 44.2 Å². The van der Waals surface area contributed by atoms with E-state index in [-0.39, 0.29) is 11.6 Å². The lowest BCUT2D eigenvalue weighted by Gasteiger charge is -2.06. The Hall–Kier alpha value is -4.11. The van der Waals surface area contributed by atoms with Crippen LogP contribution in [0, 0.1) is 11.3 Å². The largest absolute Gasteiger partial charge is 0.454 e. The first kappa shape index (κ1) is 19.2. The smallest absolute Gasteiger partial charge is 0.262 e. The van der Waals surface area contributed by atoms with Gasteiger partial charge in [-0.1, -0.05) is 36.4 Å². The summed E-state index contributed by atoms with van der Waals surface area (Å²) in [4.78, 5) is 12.4. The molecule has 2 heterocycles. The van der Waals surface area contributed by atoms with E-state index in [1.54, 1.807) is 17.0 Å². The molecule has 0 fully saturated rings. The van der Waals surface area contributed by atoms with E-state index in [1.807, 2.05) is 80.6 Å². The van der Waals surface area contributed by atoms with Crippen LogP contribution in [0.2, 0.25) is 0 Å². The highest BCUT2D eigenvalue weighted by atomic mass is 16.3. The van der Waals surface area contributed by atoms with Crippen LogP contribution >= 0.6 is 0 Å². The third-order valence-electron chi connectivity index (χ3n) is 4.51. The van der Waals surface area contributed by atoms with E-state index in [9.17, 15) is 10.1 Å². The van der Waals surface area contributed by atoms with Gasteiger partial charge in [-0.2, -0.15) is 10.4 Å². The van der Waals surface area contributed by atoms with E-state index < -0.39 is 5.91 Å². The van der Waals surface area contributed by atoms with Crippen LogP contribution in [0.5, 0.6) is 0 Å². The molecule has 0 atom stereocenters. The minimum absolute atomic E-state index is 0.00803. The minimum Gasteiger partial charge on any atom is -0.454 e. The summed E-state index contributed by atoms with van der Waals surface area (Å²) >= 11 is 0. The van der Waals surface area contributed by atoms with E-state index in [1.165, 1.54) is 0 Å². The zero-order valence-electron chi connectivity index (χ0n) is 16.7. The van der Waals surface area contributed by atoms with Crippen molar-refractivity contribution in [2.45, 2.75) is 19.9 Å². The molecule has 0 bridgehead atoms. The molecule has 30 heavy (non-hydrogen) atoms. The lowest BCUT2D eigenvalue weighted by molar-refractivity contribution is -0.117. The molecule has 2 aromatic carbocycles. The van der Waals surface area contributed by atoms with Crippen LogP contribution in [0.4, 0.5) is 0 Å². The molecule has 6 heteroatoms. The topological polar surface area (TPSA) is 83.9 Å². The normalized spacial score (nSPS) is 11.6. The molecule has 1 N–H and O–H groups in total. The molecule has 0 saturated carbocycles. The van der Waals surface area contributed by atoms with Gasteiger partial charge in [-0.3, -0.25) is 4.79 Å². The van der Waals surface area contributed by atoms with Crippen LogP contribution in [0.25, 0.3) is 34.2 Å². The highest BCUT2D eigenvalue weighted by molar-refractivity contribution is 6.02. The van der Waals surface area contributed by atoms with E-state index >= 15 is 0 Å². The molecule has 1 amide bonds. The average molecular weight is 396 g/mol. The second-order valence-corrected chi connectivity index (χ2v) is 7.16. The summed E-state index contributed by atoms with van der Waals surface area (Å²) in [5.74, 6) is 0.147. The first-order chi connectivity index (χ1) is 14.5. The van der Waals surface area contributed by atoms with E-state index in [0.29, 0.717) is 17.0 Å². The number of benzene rings is 2. The number of amides is 1. The molecule has 0 aliphatic rings. The minimum atomic E-state index is -0.421. The SMILES string of the molecule is CC(C)NC(=O)/C(C#N)=C/c1cn(-c2ccccc2)nc1-c1cc2ccccc2o1. The maximum atomic E-state index is 12.4. The van der Waals surface area contributed by atoms with Crippen LogP contribution in [0.3, 0.4) is 0 Å². The van der Waals surface area contributed by atoms with Crippen molar-refractivity contribution >= 4 is 23.0 Å². The zero-order chi connectivity index (χ0) is 21.1. The summed E-state index contributed by atoms with van der Waals surface area (Å²) in [6.45, 7) is 3.69. The third kappa shape index (κ3) is 3.87. The first-order valence-electron chi connectivity index (χ1n) is 9.62. The predicted octanol–water partition coefficient (Wildman–Crippen LogP) is 4.72. The second kappa shape index (κ2) is 8.10. The summed E-state index contributed by atoms with van der Waals surface area (Å²) < 4.78 is 7.71. The standard InChI is InChI=1S/C24H20N4O2/c1-16(2)26-24(29)18(14-25)12-19-15-28(20-9-4-3-5-10-20)27-23(19)22-13-17-8-6-7-11-21(17)30-22/h3-13,15-16H,1-2H3,(H,26,29)/b18-12+. The number of nitrogens with one attached hydrogen (secondary N) is 1. The van der Waals surface area contributed by atoms with Crippen molar-refractivity contribution < 1.29 is 9.21 Å². The molecule has 0 radical (unpaired) electrons. The van der Waals surface area contributed by atoms with E-state index in [2.05, 4.69) is 5.32 Å². The van der Waals surface area contributed by atoms with Crippen LogP contribution in [0.1, 0.15) is 19.4 Å². The number of aromatic nitrogens is 2. The van der Waals surface area contributed by atoms with Crippen molar-refractivity contribution in [2.75, 3.05) is 0 Å². The van der Waals surface area contributed by atoms with Crippen LogP contribution in [-0.2, 0) is 4.79 Å². The lowest BCUT2D eigenvalue weighted by atomic mass is 10.1. The highest BCUT2D eigenvalue weighted by Crippen LogP contribution is 2.31. The van der Waals surface area contributed by atoms with Gasteiger partial charge in [-0.25, -0.2) is 4.68 Å². The van der Waals surface area contributed by atoms with Crippen molar-refractivity contribution in [3.05, 3.63) is 78.0 Å². The van der Waals surface area contributed by atoms with Crippen molar-refractivity contribution in [1.29, 1.82) is 5.26 Å². The highest BCUT2D eigenvalue weighted by Gasteiger charge is 2.18. The van der Waals surface area contributed by atoms with Crippen LogP contribution < -0.4 is 5.32 Å². The van der Waals surface area contributed by atoms with Gasteiger partial charge in [0.1, 0.15) is 22.9 Å². The number of carbonyl (C=O) groups is 1. The van der Waals surface area contributed by atoms with Gasteiger partial charge >= 0.3 is 0 Å². The fourth-order valence-corrected chi connectivity index (χ4v) is 3.14. The van der Waals surface area contributed by atoms with Gasteiger partial charge in [0.2, 0.25) is 0 Å². The zero-order valence-corrected chi connectivity index (χ0v) is 16.7. The molecule has 4 aromatic rings. The Kier molecular flexibility index (Phi) is 5.19. The Morgan fingerprint density at radius 3 is 2.60 bits per heavy atom. The molecule has 2 aromatic heterocycles. The van der Waals surface area contributed by atoms with Gasteiger partial charge in [0.15, 0.2) is 5.76 Å². The molecule has 0 saturated heterocycles. The number of rotatable bonds is 5. The quantitative estimate of drug-likeness (QED) is 0.391. The summed E-state index contributed by atoms with van der Waals surface area (Å²) in [5.41, 5.74) is 2.79. The number of fused-ring (bicyclic) bond motifs is 1. The van der Waals surface area contributed by atoms with Crippen LogP contribution in [0.15, 0.2) is 76.9 Å². The average Bonchev–Trinajstić information content (AvgIpc) is 3.36. The number of nitrogens with zero attached hydrogens (tertiary/aromatic N) is 3. The molecule has 6 nitrogen and oxygen atoms in total.